The number of fused-ring (bicyclic) bond motifs is 2. The third-order valence-corrected chi connectivity index (χ3v) is 6.40. The molecule has 2 fully saturated rings. The number of amides is 2. The van der Waals surface area contributed by atoms with Gasteiger partial charge in [-0.2, -0.15) is 4.98 Å². The zero-order valence-corrected chi connectivity index (χ0v) is 18.0. The number of nitrogens with one attached hydrogen (secondary N) is 3. The fraction of sp³-hybridized carbons (Fsp3) is 0.400. The molecule has 2 bridgehead atoms. The number of carbonyl (C=O) groups excluding carboxylic acids is 2. The van der Waals surface area contributed by atoms with Crippen molar-refractivity contribution in [2.24, 2.45) is 23.5 Å². The summed E-state index contributed by atoms with van der Waals surface area (Å²) in [5.41, 5.74) is 5.81. The second-order valence-corrected chi connectivity index (χ2v) is 8.51. The SMILES string of the molecule is NC(=O)[C@H]1[C@@H]2CC(NCC(=O)Nc3cccc([N+](=O)[O-])c3)[C@@H](C2)[C@H]1Nc1nc(Cl)ncc1F. The lowest BCUT2D eigenvalue weighted by atomic mass is 9.81. The molecule has 1 aromatic heterocycles. The average Bonchev–Trinajstić information content (AvgIpc) is 3.33. The molecule has 1 aromatic carbocycles. The Labute approximate surface area is 192 Å². The van der Waals surface area contributed by atoms with Gasteiger partial charge in [-0.25, -0.2) is 9.37 Å². The topological polar surface area (TPSA) is 165 Å². The van der Waals surface area contributed by atoms with Gasteiger partial charge in [0.05, 0.1) is 23.6 Å². The monoisotopic (exact) mass is 477 g/mol. The number of rotatable bonds is 8. The third-order valence-electron chi connectivity index (χ3n) is 6.22. The van der Waals surface area contributed by atoms with Crippen molar-refractivity contribution < 1.29 is 18.9 Å². The summed E-state index contributed by atoms with van der Waals surface area (Å²) in [5, 5.41) is 19.5. The van der Waals surface area contributed by atoms with E-state index in [4.69, 9.17) is 17.3 Å². The van der Waals surface area contributed by atoms with Gasteiger partial charge in [-0.1, -0.05) is 6.07 Å². The quantitative estimate of drug-likeness (QED) is 0.253. The van der Waals surface area contributed by atoms with Crippen LogP contribution in [0, 0.1) is 33.7 Å². The largest absolute Gasteiger partial charge is 0.369 e. The van der Waals surface area contributed by atoms with Crippen molar-refractivity contribution in [3.05, 3.63) is 51.7 Å². The van der Waals surface area contributed by atoms with Gasteiger partial charge in [0.15, 0.2) is 11.6 Å². The standard InChI is InChI=1S/C20H21ClFN7O4/c21-20-25-7-13(22)19(28-20)27-17-12-4-9(16(17)18(23)31)5-14(12)24-8-15(30)26-10-2-1-3-11(6-10)29(32)33/h1-3,6-7,9,12,14,16-17,24H,4-5,8H2,(H2,23,31)(H,26,30)(H,25,27,28)/t9-,12+,14?,16-,17+/m0/s1. The van der Waals surface area contributed by atoms with Crippen LogP contribution in [-0.4, -0.2) is 45.3 Å². The normalized spacial score (nSPS) is 25.6. The molecule has 5 atom stereocenters. The Morgan fingerprint density at radius 2 is 2.12 bits per heavy atom. The minimum Gasteiger partial charge on any atom is -0.369 e. The number of nitrogens with two attached hydrogens (primary N) is 1. The molecule has 2 amide bonds. The van der Waals surface area contributed by atoms with E-state index in [-0.39, 0.29) is 47.1 Å². The van der Waals surface area contributed by atoms with Gasteiger partial charge in [0.1, 0.15) is 0 Å². The number of non-ortho nitro benzene ring substituents is 1. The van der Waals surface area contributed by atoms with Crippen molar-refractivity contribution in [3.63, 3.8) is 0 Å². The fourth-order valence-electron chi connectivity index (χ4n) is 4.93. The first kappa shape index (κ1) is 22.8. The first-order chi connectivity index (χ1) is 15.7. The molecule has 2 saturated carbocycles. The molecule has 2 aliphatic carbocycles. The summed E-state index contributed by atoms with van der Waals surface area (Å²) >= 11 is 5.77. The molecule has 0 aliphatic heterocycles. The fourth-order valence-corrected chi connectivity index (χ4v) is 5.07. The van der Waals surface area contributed by atoms with Crippen molar-refractivity contribution in [2.45, 2.75) is 24.9 Å². The van der Waals surface area contributed by atoms with Crippen LogP contribution in [0.2, 0.25) is 5.28 Å². The minimum atomic E-state index is -0.703. The number of nitro groups is 1. The summed E-state index contributed by atoms with van der Waals surface area (Å²) in [4.78, 5) is 42.3. The van der Waals surface area contributed by atoms with Gasteiger partial charge in [-0.05, 0) is 42.3 Å². The van der Waals surface area contributed by atoms with Crippen LogP contribution in [-0.2, 0) is 9.59 Å². The Bertz CT molecular complexity index is 1100. The molecule has 2 aliphatic rings. The van der Waals surface area contributed by atoms with E-state index < -0.39 is 28.6 Å². The maximum absolute atomic E-state index is 14.2. The maximum atomic E-state index is 14.2. The van der Waals surface area contributed by atoms with Gasteiger partial charge < -0.3 is 21.7 Å². The lowest BCUT2D eigenvalue weighted by Crippen LogP contribution is -2.51. The lowest BCUT2D eigenvalue weighted by Gasteiger charge is -2.35. The van der Waals surface area contributed by atoms with Crippen LogP contribution in [0.15, 0.2) is 30.5 Å². The highest BCUT2D eigenvalue weighted by molar-refractivity contribution is 6.28. The number of hydrogen-bond donors (Lipinski definition) is 4. The van der Waals surface area contributed by atoms with Crippen LogP contribution < -0.4 is 21.7 Å². The highest BCUT2D eigenvalue weighted by Gasteiger charge is 2.55. The van der Waals surface area contributed by atoms with E-state index >= 15 is 0 Å². The first-order valence-electron chi connectivity index (χ1n) is 10.2. The number of nitrogens with zero attached hydrogens (tertiary/aromatic N) is 3. The molecule has 2 aromatic rings. The van der Waals surface area contributed by atoms with E-state index in [2.05, 4.69) is 25.9 Å². The summed E-state index contributed by atoms with van der Waals surface area (Å²) in [6, 6.07) is 5.03. The van der Waals surface area contributed by atoms with Crippen molar-refractivity contribution in [1.82, 2.24) is 15.3 Å². The summed E-state index contributed by atoms with van der Waals surface area (Å²) in [7, 11) is 0. The van der Waals surface area contributed by atoms with Crippen LogP contribution in [0.25, 0.3) is 0 Å². The molecule has 174 valence electrons. The van der Waals surface area contributed by atoms with Crippen molar-refractivity contribution >= 4 is 40.6 Å². The lowest BCUT2D eigenvalue weighted by molar-refractivity contribution is -0.384. The summed E-state index contributed by atoms with van der Waals surface area (Å²) in [6.45, 7) is -0.0434. The van der Waals surface area contributed by atoms with E-state index in [1.54, 1.807) is 6.07 Å². The molecule has 1 heterocycles. The van der Waals surface area contributed by atoms with E-state index in [1.807, 2.05) is 0 Å². The highest BCUT2D eigenvalue weighted by atomic mass is 35.5. The minimum absolute atomic E-state index is 0.0253. The van der Waals surface area contributed by atoms with E-state index in [1.165, 1.54) is 18.2 Å². The number of anilines is 2. The molecular formula is C20H21ClFN7O4. The van der Waals surface area contributed by atoms with Gasteiger partial charge in [-0.3, -0.25) is 19.7 Å². The second-order valence-electron chi connectivity index (χ2n) is 8.17. The van der Waals surface area contributed by atoms with Gasteiger partial charge >= 0.3 is 0 Å². The predicted molar refractivity (Wildman–Crippen MR) is 117 cm³/mol. The van der Waals surface area contributed by atoms with E-state index in [0.29, 0.717) is 18.5 Å². The molecule has 1 unspecified atom stereocenters. The van der Waals surface area contributed by atoms with Gasteiger partial charge in [0, 0.05) is 29.9 Å². The van der Waals surface area contributed by atoms with Crippen molar-refractivity contribution in [2.75, 3.05) is 17.2 Å². The zero-order valence-electron chi connectivity index (χ0n) is 17.2. The molecule has 11 nitrogen and oxygen atoms in total. The molecular weight excluding hydrogens is 457 g/mol. The summed E-state index contributed by atoms with van der Waals surface area (Å²) < 4.78 is 14.2. The molecule has 0 radical (unpaired) electrons. The smallest absolute Gasteiger partial charge is 0.271 e. The van der Waals surface area contributed by atoms with Crippen LogP contribution in [0.5, 0.6) is 0 Å². The number of halogens is 2. The Morgan fingerprint density at radius 1 is 1.33 bits per heavy atom. The van der Waals surface area contributed by atoms with E-state index in [0.717, 1.165) is 6.20 Å². The van der Waals surface area contributed by atoms with Crippen molar-refractivity contribution in [3.8, 4) is 0 Å². The third kappa shape index (κ3) is 4.86. The van der Waals surface area contributed by atoms with Crippen LogP contribution in [0.3, 0.4) is 0 Å². The number of primary amides is 1. The Morgan fingerprint density at radius 3 is 2.85 bits per heavy atom. The van der Waals surface area contributed by atoms with Crippen LogP contribution >= 0.6 is 11.6 Å². The van der Waals surface area contributed by atoms with Gasteiger partial charge in [-0.15, -0.1) is 0 Å². The highest BCUT2D eigenvalue weighted by Crippen LogP contribution is 2.49. The van der Waals surface area contributed by atoms with Crippen LogP contribution in [0.4, 0.5) is 21.6 Å². The number of benzene rings is 1. The summed E-state index contributed by atoms with van der Waals surface area (Å²) in [6.07, 6.45) is 2.25. The molecule has 13 heteroatoms. The Balaban J connectivity index is 1.41. The van der Waals surface area contributed by atoms with E-state index in [9.17, 15) is 24.1 Å². The molecule has 0 saturated heterocycles. The summed E-state index contributed by atoms with van der Waals surface area (Å²) in [5.74, 6) is -2.31. The van der Waals surface area contributed by atoms with Gasteiger partial charge in [0.2, 0.25) is 17.1 Å². The number of aromatic nitrogens is 2. The maximum Gasteiger partial charge on any atom is 0.271 e. The second kappa shape index (κ2) is 9.24. The van der Waals surface area contributed by atoms with Gasteiger partial charge in [0.25, 0.3) is 5.69 Å². The Hall–Kier alpha value is -3.38. The number of nitro benzene ring substituents is 1. The Kier molecular flexibility index (Phi) is 6.38. The predicted octanol–water partition coefficient (Wildman–Crippen LogP) is 1.70. The molecule has 33 heavy (non-hydrogen) atoms. The number of hydrogen-bond acceptors (Lipinski definition) is 8. The number of carbonyl (C=O) groups is 2. The molecule has 0 spiro atoms. The first-order valence-corrected chi connectivity index (χ1v) is 10.6. The van der Waals surface area contributed by atoms with Crippen LogP contribution in [0.1, 0.15) is 12.8 Å². The molecule has 5 N–H and O–H groups in total. The average molecular weight is 478 g/mol. The zero-order chi connectivity index (χ0) is 23.7. The molecule has 4 rings (SSSR count). The van der Waals surface area contributed by atoms with Crippen molar-refractivity contribution in [1.29, 1.82) is 0 Å².